The number of nitrogens with zero attached hydrogens (tertiary/aromatic N) is 2. The van der Waals surface area contributed by atoms with Crippen LogP contribution in [0.4, 0.5) is 0 Å². The molecule has 0 aliphatic rings. The van der Waals surface area contributed by atoms with E-state index < -0.39 is 0 Å². The first-order valence-electron chi connectivity index (χ1n) is 5.00. The highest BCUT2D eigenvalue weighted by atomic mass is 15.1. The zero-order valence-electron chi connectivity index (χ0n) is 9.20. The largest absolute Gasteiger partial charge is 0.193 e. The molecule has 0 fully saturated rings. The molecule has 0 aliphatic heterocycles. The molecule has 0 N–H and O–H groups in total. The van der Waals surface area contributed by atoms with E-state index in [1.54, 1.807) is 0 Å². The summed E-state index contributed by atoms with van der Waals surface area (Å²) >= 11 is 0. The van der Waals surface area contributed by atoms with Crippen LogP contribution in [0.3, 0.4) is 0 Å². The molecule has 0 bridgehead atoms. The predicted octanol–water partition coefficient (Wildman–Crippen LogP) is 3.48. The summed E-state index contributed by atoms with van der Waals surface area (Å²) in [6, 6.07) is 10.4. The van der Waals surface area contributed by atoms with Gasteiger partial charge in [-0.2, -0.15) is 10.2 Å². The van der Waals surface area contributed by atoms with Gasteiger partial charge in [0, 0.05) is 0 Å². The highest BCUT2D eigenvalue weighted by Gasteiger charge is 2.05. The molecule has 0 unspecified atom stereocenters. The molecule has 0 saturated carbocycles. The molecular weight excluding hydrogens is 172 g/mol. The van der Waals surface area contributed by atoms with Gasteiger partial charge in [-0.1, -0.05) is 30.3 Å². The summed E-state index contributed by atoms with van der Waals surface area (Å²) in [7, 11) is 0. The maximum Gasteiger partial charge on any atom is 0.0732 e. The fourth-order valence-electron chi connectivity index (χ4n) is 1.09. The molecule has 0 radical (unpaired) electrons. The first kappa shape index (κ1) is 10.9. The van der Waals surface area contributed by atoms with Crippen LogP contribution in [0.5, 0.6) is 0 Å². The van der Waals surface area contributed by atoms with Gasteiger partial charge in [-0.05, 0) is 32.8 Å². The van der Waals surface area contributed by atoms with Crippen LogP contribution < -0.4 is 0 Å². The molecule has 1 aromatic carbocycles. The van der Waals surface area contributed by atoms with E-state index >= 15 is 0 Å². The second kappa shape index (κ2) is 4.89. The Hall–Kier alpha value is -1.18. The van der Waals surface area contributed by atoms with Gasteiger partial charge in [-0.15, -0.1) is 0 Å². The zero-order valence-corrected chi connectivity index (χ0v) is 9.20. The SMILES string of the molecule is CC(C)(C)N=NCCc1ccccc1. The monoisotopic (exact) mass is 190 g/mol. The molecule has 0 saturated heterocycles. The topological polar surface area (TPSA) is 24.7 Å². The summed E-state index contributed by atoms with van der Waals surface area (Å²) in [4.78, 5) is 0. The fourth-order valence-corrected chi connectivity index (χ4v) is 1.09. The lowest BCUT2D eigenvalue weighted by Gasteiger charge is -2.08. The average Bonchev–Trinajstić information content (AvgIpc) is 2.13. The van der Waals surface area contributed by atoms with Crippen molar-refractivity contribution in [3.63, 3.8) is 0 Å². The Kier molecular flexibility index (Phi) is 3.81. The second-order valence-electron chi connectivity index (χ2n) is 4.37. The molecule has 1 aromatic rings. The Labute approximate surface area is 86.1 Å². The Morgan fingerprint density at radius 1 is 1.07 bits per heavy atom. The van der Waals surface area contributed by atoms with Crippen molar-refractivity contribution in [2.45, 2.75) is 32.7 Å². The Morgan fingerprint density at radius 3 is 2.29 bits per heavy atom. The highest BCUT2D eigenvalue weighted by Crippen LogP contribution is 2.07. The minimum Gasteiger partial charge on any atom is -0.193 e. The highest BCUT2D eigenvalue weighted by molar-refractivity contribution is 5.14. The van der Waals surface area contributed by atoms with Crippen molar-refractivity contribution in [2.24, 2.45) is 10.2 Å². The Bertz CT molecular complexity index is 283. The van der Waals surface area contributed by atoms with Crippen LogP contribution in [0.25, 0.3) is 0 Å². The zero-order chi connectivity index (χ0) is 10.4. The van der Waals surface area contributed by atoms with Crippen molar-refractivity contribution in [1.82, 2.24) is 0 Å². The maximum atomic E-state index is 4.20. The lowest BCUT2D eigenvalue weighted by atomic mass is 10.1. The number of hydrogen-bond acceptors (Lipinski definition) is 2. The third-order valence-electron chi connectivity index (χ3n) is 1.71. The molecule has 14 heavy (non-hydrogen) atoms. The molecule has 0 atom stereocenters. The van der Waals surface area contributed by atoms with E-state index in [1.807, 2.05) is 6.07 Å². The number of hydrogen-bond donors (Lipinski definition) is 0. The van der Waals surface area contributed by atoms with Crippen LogP contribution in [0.2, 0.25) is 0 Å². The van der Waals surface area contributed by atoms with E-state index in [4.69, 9.17) is 0 Å². The van der Waals surface area contributed by atoms with Gasteiger partial charge in [0.05, 0.1) is 12.1 Å². The van der Waals surface area contributed by atoms with E-state index in [2.05, 4.69) is 55.3 Å². The molecule has 0 spiro atoms. The van der Waals surface area contributed by atoms with Crippen molar-refractivity contribution < 1.29 is 0 Å². The van der Waals surface area contributed by atoms with Gasteiger partial charge >= 0.3 is 0 Å². The van der Waals surface area contributed by atoms with Gasteiger partial charge in [0.25, 0.3) is 0 Å². The van der Waals surface area contributed by atoms with Gasteiger partial charge < -0.3 is 0 Å². The summed E-state index contributed by atoms with van der Waals surface area (Å²) < 4.78 is 0. The van der Waals surface area contributed by atoms with Gasteiger partial charge in [0.2, 0.25) is 0 Å². The molecule has 2 heteroatoms. The molecule has 0 aromatic heterocycles. The van der Waals surface area contributed by atoms with Crippen LogP contribution in [0, 0.1) is 0 Å². The number of azo groups is 1. The summed E-state index contributed by atoms with van der Waals surface area (Å²) in [6.45, 7) is 6.94. The van der Waals surface area contributed by atoms with E-state index in [-0.39, 0.29) is 5.54 Å². The first-order valence-corrected chi connectivity index (χ1v) is 5.00. The Balaban J connectivity index is 2.33. The van der Waals surface area contributed by atoms with Gasteiger partial charge in [-0.3, -0.25) is 0 Å². The summed E-state index contributed by atoms with van der Waals surface area (Å²) in [5.41, 5.74) is 1.27. The molecule has 0 amide bonds. The summed E-state index contributed by atoms with van der Waals surface area (Å²) in [5, 5.41) is 8.36. The maximum absolute atomic E-state index is 4.20. The van der Waals surface area contributed by atoms with Gasteiger partial charge in [0.15, 0.2) is 0 Å². The predicted molar refractivity (Wildman–Crippen MR) is 59.6 cm³/mol. The molecular formula is C12H18N2. The van der Waals surface area contributed by atoms with E-state index in [1.165, 1.54) is 5.56 Å². The summed E-state index contributed by atoms with van der Waals surface area (Å²) in [6.07, 6.45) is 0.973. The van der Waals surface area contributed by atoms with Crippen molar-refractivity contribution in [2.75, 3.05) is 6.54 Å². The number of benzene rings is 1. The van der Waals surface area contributed by atoms with Gasteiger partial charge in [0.1, 0.15) is 0 Å². The standard InChI is InChI=1S/C12H18N2/c1-12(2,3)14-13-10-9-11-7-5-4-6-8-11/h4-8H,9-10H2,1-3H3. The van der Waals surface area contributed by atoms with Crippen molar-refractivity contribution in [3.8, 4) is 0 Å². The minimum absolute atomic E-state index is 0.0450. The van der Waals surface area contributed by atoms with Crippen molar-refractivity contribution in [3.05, 3.63) is 35.9 Å². The normalized spacial score (nSPS) is 12.2. The molecule has 0 heterocycles. The van der Waals surface area contributed by atoms with Crippen LogP contribution >= 0.6 is 0 Å². The van der Waals surface area contributed by atoms with Crippen molar-refractivity contribution >= 4 is 0 Å². The average molecular weight is 190 g/mol. The van der Waals surface area contributed by atoms with Crippen LogP contribution in [0.1, 0.15) is 26.3 Å². The van der Waals surface area contributed by atoms with Gasteiger partial charge in [-0.25, -0.2) is 0 Å². The van der Waals surface area contributed by atoms with Crippen molar-refractivity contribution in [1.29, 1.82) is 0 Å². The second-order valence-corrected chi connectivity index (χ2v) is 4.37. The fraction of sp³-hybridized carbons (Fsp3) is 0.500. The third-order valence-corrected chi connectivity index (χ3v) is 1.71. The lowest BCUT2D eigenvalue weighted by Crippen LogP contribution is -2.08. The molecule has 1 rings (SSSR count). The molecule has 76 valence electrons. The Morgan fingerprint density at radius 2 is 1.71 bits per heavy atom. The third kappa shape index (κ3) is 4.75. The van der Waals surface area contributed by atoms with E-state index in [9.17, 15) is 0 Å². The lowest BCUT2D eigenvalue weighted by molar-refractivity contribution is 0.538. The molecule has 2 nitrogen and oxygen atoms in total. The van der Waals surface area contributed by atoms with Crippen LogP contribution in [-0.2, 0) is 6.42 Å². The van der Waals surface area contributed by atoms with Crippen LogP contribution in [0.15, 0.2) is 40.6 Å². The molecule has 0 aliphatic carbocycles. The van der Waals surface area contributed by atoms with E-state index in [0.717, 1.165) is 13.0 Å². The van der Waals surface area contributed by atoms with Crippen LogP contribution in [-0.4, -0.2) is 12.1 Å². The first-order chi connectivity index (χ1) is 6.58. The smallest absolute Gasteiger partial charge is 0.0732 e. The number of rotatable bonds is 3. The summed E-state index contributed by atoms with van der Waals surface area (Å²) in [5.74, 6) is 0. The quantitative estimate of drug-likeness (QED) is 0.652. The van der Waals surface area contributed by atoms with E-state index in [0.29, 0.717) is 0 Å². The minimum atomic E-state index is -0.0450.